The number of aryl methyl sites for hydroxylation is 1. The van der Waals surface area contributed by atoms with Gasteiger partial charge in [-0.15, -0.1) is 0 Å². The van der Waals surface area contributed by atoms with E-state index in [2.05, 4.69) is 4.18 Å². The standard InChI is InChI=1S/C16H20N2O7S/c1-26(22,23)24-10-13-9-18(16(21)25-13)12-5-6-14-11(8-12)4-2-3-7-17(14)15(19)20/h5-6,8,13H,2-4,7,9-10H2,1H3,(H,19,20). The number of cyclic esters (lactones) is 1. The summed E-state index contributed by atoms with van der Waals surface area (Å²) in [6.45, 7) is 0.368. The molecule has 2 amide bonds. The molecule has 1 aromatic carbocycles. The molecular formula is C16H20N2O7S. The predicted octanol–water partition coefficient (Wildman–Crippen LogP) is 1.81. The summed E-state index contributed by atoms with van der Waals surface area (Å²) in [7, 11) is -3.61. The highest BCUT2D eigenvalue weighted by atomic mass is 32.2. The van der Waals surface area contributed by atoms with E-state index in [0.717, 1.165) is 31.1 Å². The molecule has 0 radical (unpaired) electrons. The Bertz CT molecular complexity index is 824. The second-order valence-electron chi connectivity index (χ2n) is 6.31. The van der Waals surface area contributed by atoms with Crippen LogP contribution in [0.4, 0.5) is 21.0 Å². The van der Waals surface area contributed by atoms with E-state index in [1.54, 1.807) is 18.2 Å². The number of carbonyl (C=O) groups is 2. The molecule has 142 valence electrons. The monoisotopic (exact) mass is 384 g/mol. The number of anilines is 2. The zero-order chi connectivity index (χ0) is 18.9. The zero-order valence-corrected chi connectivity index (χ0v) is 15.1. The molecule has 0 saturated carbocycles. The van der Waals surface area contributed by atoms with Gasteiger partial charge in [-0.25, -0.2) is 9.59 Å². The highest BCUT2D eigenvalue weighted by molar-refractivity contribution is 7.85. The van der Waals surface area contributed by atoms with E-state index in [0.29, 0.717) is 17.9 Å². The van der Waals surface area contributed by atoms with Crippen molar-refractivity contribution in [2.75, 3.05) is 35.8 Å². The van der Waals surface area contributed by atoms with E-state index < -0.39 is 28.4 Å². The first-order valence-corrected chi connectivity index (χ1v) is 10.0. The van der Waals surface area contributed by atoms with Crippen LogP contribution in [-0.4, -0.2) is 57.8 Å². The van der Waals surface area contributed by atoms with Crippen LogP contribution in [0.15, 0.2) is 18.2 Å². The summed E-state index contributed by atoms with van der Waals surface area (Å²) >= 11 is 0. The van der Waals surface area contributed by atoms with Crippen LogP contribution in [-0.2, 0) is 25.5 Å². The van der Waals surface area contributed by atoms with Gasteiger partial charge < -0.3 is 9.84 Å². The largest absolute Gasteiger partial charge is 0.465 e. The normalized spacial score (nSPS) is 20.5. The Labute approximate surface area is 151 Å². The van der Waals surface area contributed by atoms with Crippen LogP contribution < -0.4 is 9.80 Å². The van der Waals surface area contributed by atoms with Gasteiger partial charge in [0.2, 0.25) is 0 Å². The fourth-order valence-electron chi connectivity index (χ4n) is 3.13. The average Bonchev–Trinajstić information content (AvgIpc) is 2.80. The molecule has 26 heavy (non-hydrogen) atoms. The number of hydrogen-bond acceptors (Lipinski definition) is 6. The number of hydrogen-bond donors (Lipinski definition) is 1. The van der Waals surface area contributed by atoms with Gasteiger partial charge in [0.25, 0.3) is 10.1 Å². The molecule has 1 unspecified atom stereocenters. The molecule has 10 heteroatoms. The van der Waals surface area contributed by atoms with Crippen molar-refractivity contribution < 1.29 is 32.0 Å². The van der Waals surface area contributed by atoms with Crippen LogP contribution in [0.2, 0.25) is 0 Å². The van der Waals surface area contributed by atoms with Crippen molar-refractivity contribution in [3.63, 3.8) is 0 Å². The number of benzene rings is 1. The van der Waals surface area contributed by atoms with Gasteiger partial charge in [-0.05, 0) is 43.0 Å². The Kier molecular flexibility index (Phi) is 5.05. The van der Waals surface area contributed by atoms with Gasteiger partial charge in [0, 0.05) is 12.2 Å². The lowest BCUT2D eigenvalue weighted by Crippen LogP contribution is -2.30. The number of rotatable bonds is 4. The van der Waals surface area contributed by atoms with Crippen LogP contribution in [0.5, 0.6) is 0 Å². The van der Waals surface area contributed by atoms with Crippen molar-refractivity contribution in [1.82, 2.24) is 0 Å². The molecule has 2 aliphatic heterocycles. The summed E-state index contributed by atoms with van der Waals surface area (Å²) in [5, 5.41) is 9.37. The van der Waals surface area contributed by atoms with Crippen LogP contribution in [0.25, 0.3) is 0 Å². The number of carboxylic acid groups (broad SMARTS) is 1. The summed E-state index contributed by atoms with van der Waals surface area (Å²) in [4.78, 5) is 26.3. The van der Waals surface area contributed by atoms with Gasteiger partial charge in [-0.1, -0.05) is 0 Å². The lowest BCUT2D eigenvalue weighted by Gasteiger charge is -2.21. The Morgan fingerprint density at radius 2 is 2.15 bits per heavy atom. The predicted molar refractivity (Wildman–Crippen MR) is 93.2 cm³/mol. The van der Waals surface area contributed by atoms with Gasteiger partial charge in [-0.2, -0.15) is 8.42 Å². The van der Waals surface area contributed by atoms with Crippen LogP contribution in [0.3, 0.4) is 0 Å². The van der Waals surface area contributed by atoms with Gasteiger partial charge in [0.05, 0.1) is 18.5 Å². The summed E-state index contributed by atoms with van der Waals surface area (Å²) in [6.07, 6.45) is 1.00. The molecule has 0 spiro atoms. The molecule has 9 nitrogen and oxygen atoms in total. The first-order chi connectivity index (χ1) is 12.2. The van der Waals surface area contributed by atoms with E-state index in [-0.39, 0.29) is 13.2 Å². The van der Waals surface area contributed by atoms with E-state index in [9.17, 15) is 23.1 Å². The van der Waals surface area contributed by atoms with Crippen molar-refractivity contribution in [2.45, 2.75) is 25.4 Å². The third-order valence-electron chi connectivity index (χ3n) is 4.32. The highest BCUT2D eigenvalue weighted by Gasteiger charge is 2.34. The molecule has 1 atom stereocenters. The van der Waals surface area contributed by atoms with Crippen LogP contribution >= 0.6 is 0 Å². The second-order valence-corrected chi connectivity index (χ2v) is 7.95. The van der Waals surface area contributed by atoms with Crippen molar-refractivity contribution in [3.8, 4) is 0 Å². The van der Waals surface area contributed by atoms with Gasteiger partial charge in [-0.3, -0.25) is 14.0 Å². The molecule has 3 rings (SSSR count). The molecule has 2 aliphatic rings. The number of fused-ring (bicyclic) bond motifs is 1. The molecular weight excluding hydrogens is 364 g/mol. The summed E-state index contributed by atoms with van der Waals surface area (Å²) < 4.78 is 32.0. The third-order valence-corrected chi connectivity index (χ3v) is 4.88. The first-order valence-electron chi connectivity index (χ1n) is 8.20. The van der Waals surface area contributed by atoms with E-state index >= 15 is 0 Å². The highest BCUT2D eigenvalue weighted by Crippen LogP contribution is 2.32. The number of nitrogens with zero attached hydrogens (tertiary/aromatic N) is 2. The molecule has 1 aromatic rings. The summed E-state index contributed by atoms with van der Waals surface area (Å²) in [5.41, 5.74) is 2.07. The second kappa shape index (κ2) is 7.12. The molecule has 2 heterocycles. The smallest absolute Gasteiger partial charge is 0.414 e. The van der Waals surface area contributed by atoms with Crippen LogP contribution in [0.1, 0.15) is 18.4 Å². The Hall–Kier alpha value is -2.33. The molecule has 1 saturated heterocycles. The van der Waals surface area contributed by atoms with Gasteiger partial charge >= 0.3 is 12.2 Å². The van der Waals surface area contributed by atoms with E-state index in [1.807, 2.05) is 0 Å². The zero-order valence-electron chi connectivity index (χ0n) is 14.3. The van der Waals surface area contributed by atoms with Crippen molar-refractivity contribution >= 4 is 33.7 Å². The molecule has 0 bridgehead atoms. The minimum Gasteiger partial charge on any atom is -0.465 e. The Morgan fingerprint density at radius 1 is 1.38 bits per heavy atom. The maximum absolute atomic E-state index is 12.1. The Morgan fingerprint density at radius 3 is 2.85 bits per heavy atom. The first kappa shape index (κ1) is 18.5. The third kappa shape index (κ3) is 4.07. The summed E-state index contributed by atoms with van der Waals surface area (Å²) in [5.74, 6) is 0. The maximum Gasteiger partial charge on any atom is 0.414 e. The molecule has 1 fully saturated rings. The van der Waals surface area contributed by atoms with E-state index in [4.69, 9.17) is 4.74 Å². The topological polar surface area (TPSA) is 113 Å². The minimum absolute atomic E-state index is 0.162. The SMILES string of the molecule is CS(=O)(=O)OCC1CN(c2ccc3c(c2)CCCCN3C(=O)O)C(=O)O1. The van der Waals surface area contributed by atoms with Crippen LogP contribution in [0, 0.1) is 0 Å². The quantitative estimate of drug-likeness (QED) is 0.788. The number of ether oxygens (including phenoxy) is 1. The average molecular weight is 384 g/mol. The fraction of sp³-hybridized carbons (Fsp3) is 0.500. The number of amides is 2. The molecule has 0 aromatic heterocycles. The molecule has 0 aliphatic carbocycles. The number of carbonyl (C=O) groups excluding carboxylic acids is 1. The van der Waals surface area contributed by atoms with Crippen molar-refractivity contribution in [1.29, 1.82) is 0 Å². The van der Waals surface area contributed by atoms with Crippen molar-refractivity contribution in [3.05, 3.63) is 23.8 Å². The maximum atomic E-state index is 12.1. The lowest BCUT2D eigenvalue weighted by atomic mass is 10.1. The Balaban J connectivity index is 1.79. The van der Waals surface area contributed by atoms with E-state index in [1.165, 1.54) is 9.80 Å². The lowest BCUT2D eigenvalue weighted by molar-refractivity contribution is 0.107. The molecule has 1 N–H and O–H groups in total. The van der Waals surface area contributed by atoms with Crippen molar-refractivity contribution in [2.24, 2.45) is 0 Å². The van der Waals surface area contributed by atoms with Gasteiger partial charge in [0.1, 0.15) is 12.7 Å². The summed E-state index contributed by atoms with van der Waals surface area (Å²) in [6, 6.07) is 5.15. The fourth-order valence-corrected chi connectivity index (χ4v) is 3.53. The van der Waals surface area contributed by atoms with Gasteiger partial charge in [0.15, 0.2) is 0 Å². The minimum atomic E-state index is -3.61.